The fourth-order valence-corrected chi connectivity index (χ4v) is 2.27. The first-order chi connectivity index (χ1) is 10.7. The number of carbonyl (C=O) groups is 2. The summed E-state index contributed by atoms with van der Waals surface area (Å²) in [7, 11) is 1.49. The molecule has 0 aromatic heterocycles. The molecule has 1 aromatic rings. The lowest BCUT2D eigenvalue weighted by molar-refractivity contribution is -0.156. The molecule has 0 radical (unpaired) electrons. The quantitative estimate of drug-likeness (QED) is 0.671. The molecule has 1 aromatic carbocycles. The van der Waals surface area contributed by atoms with Crippen LogP contribution in [0.1, 0.15) is 30.9 Å². The fourth-order valence-electron chi connectivity index (χ4n) is 2.27. The molecule has 0 bridgehead atoms. The maximum Gasteiger partial charge on any atom is 0.335 e. The molecule has 0 aliphatic carbocycles. The number of cyclic esters (lactones) is 1. The second kappa shape index (κ2) is 8.34. The van der Waals surface area contributed by atoms with Crippen molar-refractivity contribution in [3.05, 3.63) is 48.0 Å². The average molecular weight is 303 g/mol. The van der Waals surface area contributed by atoms with E-state index in [2.05, 4.69) is 5.32 Å². The van der Waals surface area contributed by atoms with Gasteiger partial charge in [-0.25, -0.2) is 4.79 Å². The van der Waals surface area contributed by atoms with Crippen molar-refractivity contribution in [2.75, 3.05) is 13.7 Å². The number of amides is 1. The van der Waals surface area contributed by atoms with Crippen LogP contribution in [-0.4, -0.2) is 31.7 Å². The summed E-state index contributed by atoms with van der Waals surface area (Å²) in [6, 6.07) is 9.13. The third kappa shape index (κ3) is 4.70. The molecular weight excluding hydrogens is 282 g/mol. The first kappa shape index (κ1) is 16.2. The molecule has 0 saturated heterocycles. The first-order valence-electron chi connectivity index (χ1n) is 7.39. The van der Waals surface area contributed by atoms with Crippen molar-refractivity contribution < 1.29 is 19.1 Å². The molecule has 5 nitrogen and oxygen atoms in total. The van der Waals surface area contributed by atoms with Crippen molar-refractivity contribution in [3.63, 3.8) is 0 Å². The standard InChI is InChI=1S/C17H21NO4/c1-21-15-10-6-3-7-11-16(19)18-14(12-22-17(15)20)13-8-4-2-5-9-13/h2-6,8-9,14-15H,7,10-12H2,1H3,(H,18,19)/b6-3+/t14-,15+/m0/s1. The molecule has 0 spiro atoms. The van der Waals surface area contributed by atoms with E-state index in [9.17, 15) is 9.59 Å². The van der Waals surface area contributed by atoms with Crippen molar-refractivity contribution in [1.82, 2.24) is 5.32 Å². The normalized spacial score (nSPS) is 25.3. The Morgan fingerprint density at radius 3 is 2.68 bits per heavy atom. The highest BCUT2D eigenvalue weighted by atomic mass is 16.6. The minimum Gasteiger partial charge on any atom is -0.461 e. The molecule has 0 unspecified atom stereocenters. The number of carbonyl (C=O) groups excluding carboxylic acids is 2. The number of nitrogens with one attached hydrogen (secondary N) is 1. The smallest absolute Gasteiger partial charge is 0.335 e. The van der Waals surface area contributed by atoms with E-state index in [-0.39, 0.29) is 18.6 Å². The molecule has 0 fully saturated rings. The van der Waals surface area contributed by atoms with Gasteiger partial charge >= 0.3 is 5.97 Å². The number of rotatable bonds is 2. The Labute approximate surface area is 130 Å². The Balaban J connectivity index is 2.14. The second-order valence-electron chi connectivity index (χ2n) is 5.13. The fraction of sp³-hybridized carbons (Fsp3) is 0.412. The van der Waals surface area contributed by atoms with E-state index in [1.54, 1.807) is 0 Å². The molecule has 2 atom stereocenters. The average Bonchev–Trinajstić information content (AvgIpc) is 2.54. The van der Waals surface area contributed by atoms with Gasteiger partial charge in [0.1, 0.15) is 6.61 Å². The van der Waals surface area contributed by atoms with Crippen molar-refractivity contribution in [1.29, 1.82) is 0 Å². The Kier molecular flexibility index (Phi) is 6.15. The maximum absolute atomic E-state index is 12.0. The summed E-state index contributed by atoms with van der Waals surface area (Å²) in [6.07, 6.45) is 4.62. The van der Waals surface area contributed by atoms with E-state index >= 15 is 0 Å². The molecule has 1 aliphatic rings. The van der Waals surface area contributed by atoms with Gasteiger partial charge < -0.3 is 14.8 Å². The van der Waals surface area contributed by atoms with Crippen molar-refractivity contribution in [3.8, 4) is 0 Å². The van der Waals surface area contributed by atoms with Crippen molar-refractivity contribution in [2.24, 2.45) is 0 Å². The summed E-state index contributed by atoms with van der Waals surface area (Å²) in [6.45, 7) is 0.0954. The molecule has 1 N–H and O–H groups in total. The van der Waals surface area contributed by atoms with Gasteiger partial charge in [-0.1, -0.05) is 42.5 Å². The summed E-state index contributed by atoms with van der Waals surface area (Å²) < 4.78 is 10.5. The van der Waals surface area contributed by atoms with Gasteiger partial charge in [0.05, 0.1) is 6.04 Å². The minimum atomic E-state index is -0.609. The van der Waals surface area contributed by atoms with Crippen LogP contribution in [0.5, 0.6) is 0 Å². The molecule has 1 heterocycles. The van der Waals surface area contributed by atoms with Gasteiger partial charge in [0, 0.05) is 20.0 Å². The predicted octanol–water partition coefficient (Wildman–Crippen LogP) is 2.14. The topological polar surface area (TPSA) is 64.6 Å². The van der Waals surface area contributed by atoms with Crippen LogP contribution in [0.3, 0.4) is 0 Å². The summed E-state index contributed by atoms with van der Waals surface area (Å²) >= 11 is 0. The van der Waals surface area contributed by atoms with Crippen molar-refractivity contribution >= 4 is 11.9 Å². The van der Waals surface area contributed by atoms with Crippen LogP contribution in [-0.2, 0) is 19.1 Å². The molecular formula is C17H21NO4. The Morgan fingerprint density at radius 2 is 1.95 bits per heavy atom. The third-order valence-corrected chi connectivity index (χ3v) is 3.53. The molecule has 2 rings (SSSR count). The highest BCUT2D eigenvalue weighted by Crippen LogP contribution is 2.15. The predicted molar refractivity (Wildman–Crippen MR) is 82.1 cm³/mol. The highest BCUT2D eigenvalue weighted by molar-refractivity contribution is 5.77. The van der Waals surface area contributed by atoms with Gasteiger partial charge in [0.25, 0.3) is 0 Å². The van der Waals surface area contributed by atoms with Crippen molar-refractivity contribution in [2.45, 2.75) is 31.4 Å². The van der Waals surface area contributed by atoms with E-state index in [1.807, 2.05) is 42.5 Å². The van der Waals surface area contributed by atoms with E-state index in [4.69, 9.17) is 9.47 Å². The van der Waals surface area contributed by atoms with Crippen LogP contribution in [0, 0.1) is 0 Å². The number of ether oxygens (including phenoxy) is 2. The second-order valence-corrected chi connectivity index (χ2v) is 5.13. The van der Waals surface area contributed by atoms with Crippen LogP contribution < -0.4 is 5.32 Å². The molecule has 5 heteroatoms. The van der Waals surface area contributed by atoms with Gasteiger partial charge in [-0.05, 0) is 12.0 Å². The summed E-state index contributed by atoms with van der Waals surface area (Å²) in [5.41, 5.74) is 0.908. The number of allylic oxidation sites excluding steroid dienone is 1. The number of methoxy groups -OCH3 is 1. The zero-order valence-corrected chi connectivity index (χ0v) is 12.7. The molecule has 22 heavy (non-hydrogen) atoms. The molecule has 1 aliphatic heterocycles. The zero-order chi connectivity index (χ0) is 15.8. The van der Waals surface area contributed by atoms with Crippen LogP contribution in [0.25, 0.3) is 0 Å². The number of benzene rings is 1. The van der Waals surface area contributed by atoms with E-state index in [0.29, 0.717) is 19.3 Å². The number of esters is 1. The highest BCUT2D eigenvalue weighted by Gasteiger charge is 2.22. The zero-order valence-electron chi connectivity index (χ0n) is 12.7. The Hall–Kier alpha value is -2.14. The Morgan fingerprint density at radius 1 is 1.18 bits per heavy atom. The third-order valence-electron chi connectivity index (χ3n) is 3.53. The minimum absolute atomic E-state index is 0.0570. The molecule has 0 saturated carbocycles. The summed E-state index contributed by atoms with van der Waals surface area (Å²) in [5, 5.41) is 2.91. The monoisotopic (exact) mass is 303 g/mol. The van der Waals surface area contributed by atoms with Crippen LogP contribution >= 0.6 is 0 Å². The molecule has 118 valence electrons. The van der Waals surface area contributed by atoms with E-state index in [1.165, 1.54) is 7.11 Å². The lowest BCUT2D eigenvalue weighted by Gasteiger charge is -2.21. The molecule has 1 amide bonds. The van der Waals surface area contributed by atoms with Crippen LogP contribution in [0.4, 0.5) is 0 Å². The lowest BCUT2D eigenvalue weighted by Crippen LogP contribution is -2.34. The summed E-state index contributed by atoms with van der Waals surface area (Å²) in [5.74, 6) is -0.471. The summed E-state index contributed by atoms with van der Waals surface area (Å²) in [4.78, 5) is 24.0. The number of hydrogen-bond acceptors (Lipinski definition) is 4. The number of hydrogen-bond donors (Lipinski definition) is 1. The van der Waals surface area contributed by atoms with E-state index < -0.39 is 12.1 Å². The van der Waals surface area contributed by atoms with Crippen LogP contribution in [0.2, 0.25) is 0 Å². The van der Waals surface area contributed by atoms with Gasteiger partial charge in [-0.2, -0.15) is 0 Å². The van der Waals surface area contributed by atoms with Gasteiger partial charge in [0.15, 0.2) is 6.10 Å². The van der Waals surface area contributed by atoms with Gasteiger partial charge in [-0.3, -0.25) is 4.79 Å². The van der Waals surface area contributed by atoms with E-state index in [0.717, 1.165) is 5.56 Å². The Bertz CT molecular complexity index is 527. The first-order valence-corrected chi connectivity index (χ1v) is 7.39. The van der Waals surface area contributed by atoms with Gasteiger partial charge in [-0.15, -0.1) is 0 Å². The van der Waals surface area contributed by atoms with Crippen LogP contribution in [0.15, 0.2) is 42.5 Å². The SMILES string of the molecule is CO[C@@H]1C/C=C/CCC(=O)N[C@H](c2ccccc2)COC1=O. The largest absolute Gasteiger partial charge is 0.461 e. The maximum atomic E-state index is 12.0. The van der Waals surface area contributed by atoms with Gasteiger partial charge in [0.2, 0.25) is 5.91 Å². The lowest BCUT2D eigenvalue weighted by atomic mass is 10.1.